The highest BCUT2D eigenvalue weighted by atomic mass is 15.5. The maximum Gasteiger partial charge on any atom is 0.168 e. The van der Waals surface area contributed by atoms with Crippen molar-refractivity contribution < 1.29 is 0 Å². The number of nitrogens with zero attached hydrogens (tertiary/aromatic N) is 4. The van der Waals surface area contributed by atoms with Crippen molar-refractivity contribution in [1.82, 2.24) is 20.2 Å². The fourth-order valence-electron chi connectivity index (χ4n) is 5.52. The molecule has 1 atom stereocenters. The van der Waals surface area contributed by atoms with E-state index in [-0.39, 0.29) is 6.04 Å². The van der Waals surface area contributed by atoms with Crippen molar-refractivity contribution in [2.24, 2.45) is 35.3 Å². The van der Waals surface area contributed by atoms with Gasteiger partial charge in [0, 0.05) is 6.54 Å². The SMILES string of the molecule is CCn1nnnc1C(N)CC1C2CC3CC(C2)CC1C3. The third kappa shape index (κ3) is 1.98. The zero-order chi connectivity index (χ0) is 13.7. The number of aryl methyl sites for hydroxylation is 1. The molecule has 0 saturated heterocycles. The molecule has 0 radical (unpaired) electrons. The Hall–Kier alpha value is -0.970. The molecule has 110 valence electrons. The first kappa shape index (κ1) is 12.7. The maximum atomic E-state index is 6.43. The molecule has 4 saturated carbocycles. The monoisotopic (exact) mass is 275 g/mol. The van der Waals surface area contributed by atoms with Crippen molar-refractivity contribution >= 4 is 0 Å². The van der Waals surface area contributed by atoms with Gasteiger partial charge >= 0.3 is 0 Å². The molecule has 5 heteroatoms. The molecule has 4 bridgehead atoms. The van der Waals surface area contributed by atoms with Gasteiger partial charge in [0.1, 0.15) is 0 Å². The van der Waals surface area contributed by atoms with Gasteiger partial charge in [0.05, 0.1) is 6.04 Å². The van der Waals surface area contributed by atoms with Crippen LogP contribution in [0.1, 0.15) is 57.3 Å². The Bertz CT molecular complexity index is 454. The summed E-state index contributed by atoms with van der Waals surface area (Å²) < 4.78 is 1.85. The molecule has 4 aliphatic carbocycles. The van der Waals surface area contributed by atoms with Crippen molar-refractivity contribution in [2.75, 3.05) is 0 Å². The zero-order valence-electron chi connectivity index (χ0n) is 12.3. The minimum atomic E-state index is 0.00692. The van der Waals surface area contributed by atoms with Gasteiger partial charge in [0.2, 0.25) is 0 Å². The summed E-state index contributed by atoms with van der Waals surface area (Å²) in [5.41, 5.74) is 6.43. The molecule has 5 rings (SSSR count). The minimum absolute atomic E-state index is 0.00692. The lowest BCUT2D eigenvalue weighted by Crippen LogP contribution is -2.46. The third-order valence-corrected chi connectivity index (χ3v) is 6.14. The number of tetrazole rings is 1. The fraction of sp³-hybridized carbons (Fsp3) is 0.933. The van der Waals surface area contributed by atoms with Gasteiger partial charge in [-0.25, -0.2) is 4.68 Å². The van der Waals surface area contributed by atoms with E-state index in [1.54, 1.807) is 0 Å². The Morgan fingerprint density at radius 3 is 2.40 bits per heavy atom. The van der Waals surface area contributed by atoms with E-state index in [0.717, 1.165) is 48.4 Å². The molecule has 20 heavy (non-hydrogen) atoms. The number of rotatable bonds is 4. The van der Waals surface area contributed by atoms with Gasteiger partial charge in [0.25, 0.3) is 0 Å². The van der Waals surface area contributed by atoms with Gasteiger partial charge in [-0.15, -0.1) is 5.10 Å². The standard InChI is InChI=1S/C15H25N5/c1-2-20-15(17-18-19-20)14(16)8-13-11-4-9-3-10(6-11)7-12(13)5-9/h9-14H,2-8,16H2,1H3. The van der Waals surface area contributed by atoms with E-state index in [4.69, 9.17) is 5.73 Å². The highest BCUT2D eigenvalue weighted by molar-refractivity contribution is 5.01. The fourth-order valence-corrected chi connectivity index (χ4v) is 5.52. The predicted molar refractivity (Wildman–Crippen MR) is 75.6 cm³/mol. The van der Waals surface area contributed by atoms with Crippen LogP contribution in [-0.4, -0.2) is 20.2 Å². The Labute approximate surface area is 120 Å². The van der Waals surface area contributed by atoms with Gasteiger partial charge in [-0.3, -0.25) is 0 Å². The van der Waals surface area contributed by atoms with Crippen LogP contribution >= 0.6 is 0 Å². The average molecular weight is 275 g/mol. The summed E-state index contributed by atoms with van der Waals surface area (Å²) in [5.74, 6) is 5.63. The molecule has 2 N–H and O–H groups in total. The highest BCUT2D eigenvalue weighted by Gasteiger charge is 2.48. The molecular weight excluding hydrogens is 250 g/mol. The Morgan fingerprint density at radius 2 is 1.80 bits per heavy atom. The van der Waals surface area contributed by atoms with Crippen molar-refractivity contribution in [3.8, 4) is 0 Å². The summed E-state index contributed by atoms with van der Waals surface area (Å²) in [6, 6.07) is 0.00692. The number of aromatic nitrogens is 4. The van der Waals surface area contributed by atoms with Crippen molar-refractivity contribution in [3.63, 3.8) is 0 Å². The lowest BCUT2D eigenvalue weighted by Gasteiger charge is -2.55. The van der Waals surface area contributed by atoms with Gasteiger partial charge in [-0.05, 0) is 85.5 Å². The molecule has 0 aliphatic heterocycles. The molecule has 4 aliphatic rings. The quantitative estimate of drug-likeness (QED) is 0.914. The average Bonchev–Trinajstić information content (AvgIpc) is 2.90. The smallest absolute Gasteiger partial charge is 0.168 e. The lowest BCUT2D eigenvalue weighted by atomic mass is 9.51. The van der Waals surface area contributed by atoms with E-state index >= 15 is 0 Å². The summed E-state index contributed by atoms with van der Waals surface area (Å²) >= 11 is 0. The Balaban J connectivity index is 1.49. The summed E-state index contributed by atoms with van der Waals surface area (Å²) in [6.07, 6.45) is 8.44. The van der Waals surface area contributed by atoms with Crippen LogP contribution in [0.4, 0.5) is 0 Å². The van der Waals surface area contributed by atoms with Crippen molar-refractivity contribution in [1.29, 1.82) is 0 Å². The molecule has 4 fully saturated rings. The van der Waals surface area contributed by atoms with Crippen LogP contribution in [0.3, 0.4) is 0 Å². The van der Waals surface area contributed by atoms with Gasteiger partial charge in [0.15, 0.2) is 5.82 Å². The number of hydrogen-bond acceptors (Lipinski definition) is 4. The van der Waals surface area contributed by atoms with Gasteiger partial charge < -0.3 is 5.73 Å². The van der Waals surface area contributed by atoms with Gasteiger partial charge in [-0.2, -0.15) is 0 Å². The first-order chi connectivity index (χ1) is 9.74. The van der Waals surface area contributed by atoms with Crippen LogP contribution in [0.2, 0.25) is 0 Å². The molecule has 0 amide bonds. The Kier molecular flexibility index (Phi) is 3.05. The molecule has 5 nitrogen and oxygen atoms in total. The van der Waals surface area contributed by atoms with E-state index in [0.29, 0.717) is 0 Å². The molecule has 1 aromatic rings. The summed E-state index contributed by atoms with van der Waals surface area (Å²) in [7, 11) is 0. The summed E-state index contributed by atoms with van der Waals surface area (Å²) in [4.78, 5) is 0. The van der Waals surface area contributed by atoms with Crippen LogP contribution in [-0.2, 0) is 6.54 Å². The molecule has 0 aromatic carbocycles. The first-order valence-corrected chi connectivity index (χ1v) is 8.26. The first-order valence-electron chi connectivity index (χ1n) is 8.26. The minimum Gasteiger partial charge on any atom is -0.321 e. The number of hydrogen-bond donors (Lipinski definition) is 1. The lowest BCUT2D eigenvalue weighted by molar-refractivity contribution is -0.0424. The van der Waals surface area contributed by atoms with E-state index in [2.05, 4.69) is 22.4 Å². The second-order valence-electron chi connectivity index (χ2n) is 7.29. The third-order valence-electron chi connectivity index (χ3n) is 6.14. The topological polar surface area (TPSA) is 69.6 Å². The van der Waals surface area contributed by atoms with E-state index in [1.807, 2.05) is 4.68 Å². The molecule has 0 spiro atoms. The van der Waals surface area contributed by atoms with E-state index in [9.17, 15) is 0 Å². The summed E-state index contributed by atoms with van der Waals surface area (Å²) in [5, 5.41) is 11.9. The van der Waals surface area contributed by atoms with Gasteiger partial charge in [-0.1, -0.05) is 0 Å². The van der Waals surface area contributed by atoms with Crippen LogP contribution < -0.4 is 5.73 Å². The van der Waals surface area contributed by atoms with Crippen LogP contribution in [0.25, 0.3) is 0 Å². The summed E-state index contributed by atoms with van der Waals surface area (Å²) in [6.45, 7) is 2.87. The maximum absolute atomic E-state index is 6.43. The molecule has 1 unspecified atom stereocenters. The zero-order valence-corrected chi connectivity index (χ0v) is 12.3. The van der Waals surface area contributed by atoms with Crippen molar-refractivity contribution in [2.45, 2.75) is 58.0 Å². The van der Waals surface area contributed by atoms with E-state index < -0.39 is 0 Å². The second kappa shape index (κ2) is 4.79. The second-order valence-corrected chi connectivity index (χ2v) is 7.29. The predicted octanol–water partition coefficient (Wildman–Crippen LogP) is 2.16. The largest absolute Gasteiger partial charge is 0.321 e. The normalized spacial score (nSPS) is 40.2. The Morgan fingerprint density at radius 1 is 1.15 bits per heavy atom. The molecular formula is C15H25N5. The highest BCUT2D eigenvalue weighted by Crippen LogP contribution is 2.57. The van der Waals surface area contributed by atoms with Crippen LogP contribution in [0, 0.1) is 29.6 Å². The van der Waals surface area contributed by atoms with E-state index in [1.165, 1.54) is 32.1 Å². The molecule has 1 heterocycles. The van der Waals surface area contributed by atoms with Crippen molar-refractivity contribution in [3.05, 3.63) is 5.82 Å². The van der Waals surface area contributed by atoms with Crippen LogP contribution in [0.15, 0.2) is 0 Å². The molecule has 1 aromatic heterocycles. The van der Waals surface area contributed by atoms with Crippen LogP contribution in [0.5, 0.6) is 0 Å². The number of nitrogens with two attached hydrogens (primary N) is 1.